The van der Waals surface area contributed by atoms with Crippen LogP contribution in [0.1, 0.15) is 34.8 Å². The molecule has 23 heavy (non-hydrogen) atoms. The van der Waals surface area contributed by atoms with Crippen molar-refractivity contribution >= 4 is 28.7 Å². The molecule has 1 aliphatic rings. The standard InChI is InChI=1S/C16H16N2O4S/c1-22-16(19)13-9-12(18(20)21)4-5-15(13)17-7-2-3-14(17)11-6-8-23-10-11/h4-6,8-10,14H,2-3,7H2,1H3. The average molecular weight is 332 g/mol. The van der Waals surface area contributed by atoms with Crippen molar-refractivity contribution in [2.75, 3.05) is 18.6 Å². The highest BCUT2D eigenvalue weighted by molar-refractivity contribution is 7.08. The van der Waals surface area contributed by atoms with Gasteiger partial charge in [-0.2, -0.15) is 11.3 Å². The molecule has 1 fully saturated rings. The van der Waals surface area contributed by atoms with Crippen LogP contribution in [0.2, 0.25) is 0 Å². The number of hydrogen-bond donors (Lipinski definition) is 0. The summed E-state index contributed by atoms with van der Waals surface area (Å²) < 4.78 is 4.81. The van der Waals surface area contributed by atoms with Crippen LogP contribution in [0.25, 0.3) is 0 Å². The van der Waals surface area contributed by atoms with Gasteiger partial charge < -0.3 is 9.64 Å². The van der Waals surface area contributed by atoms with Crippen molar-refractivity contribution in [3.05, 3.63) is 56.3 Å². The molecule has 0 radical (unpaired) electrons. The van der Waals surface area contributed by atoms with Crippen molar-refractivity contribution in [2.24, 2.45) is 0 Å². The molecule has 0 spiro atoms. The summed E-state index contributed by atoms with van der Waals surface area (Å²) in [6.45, 7) is 0.808. The van der Waals surface area contributed by atoms with Crippen molar-refractivity contribution in [3.63, 3.8) is 0 Å². The van der Waals surface area contributed by atoms with E-state index in [-0.39, 0.29) is 17.3 Å². The maximum absolute atomic E-state index is 12.1. The quantitative estimate of drug-likeness (QED) is 0.484. The van der Waals surface area contributed by atoms with E-state index >= 15 is 0 Å². The Kier molecular flexibility index (Phi) is 4.29. The number of ether oxygens (including phenoxy) is 1. The maximum atomic E-state index is 12.1. The fraction of sp³-hybridized carbons (Fsp3) is 0.312. The Morgan fingerprint density at radius 1 is 1.43 bits per heavy atom. The summed E-state index contributed by atoms with van der Waals surface area (Å²) in [5, 5.41) is 15.1. The summed E-state index contributed by atoms with van der Waals surface area (Å²) in [7, 11) is 1.28. The van der Waals surface area contributed by atoms with Gasteiger partial charge in [0.15, 0.2) is 0 Å². The molecule has 0 amide bonds. The van der Waals surface area contributed by atoms with Gasteiger partial charge in [0.25, 0.3) is 5.69 Å². The van der Waals surface area contributed by atoms with E-state index < -0.39 is 10.9 Å². The van der Waals surface area contributed by atoms with Crippen molar-refractivity contribution < 1.29 is 14.5 Å². The zero-order chi connectivity index (χ0) is 16.4. The number of hydrogen-bond acceptors (Lipinski definition) is 6. The van der Waals surface area contributed by atoms with Crippen molar-refractivity contribution in [1.29, 1.82) is 0 Å². The Labute approximate surface area is 137 Å². The Balaban J connectivity index is 2.04. The molecule has 1 aromatic heterocycles. The first kappa shape index (κ1) is 15.5. The van der Waals surface area contributed by atoms with Gasteiger partial charge in [-0.15, -0.1) is 0 Å². The second-order valence-electron chi connectivity index (χ2n) is 5.36. The molecule has 120 valence electrons. The molecule has 1 aromatic carbocycles. The average Bonchev–Trinajstić information content (AvgIpc) is 3.23. The molecule has 0 N–H and O–H groups in total. The second kappa shape index (κ2) is 6.37. The van der Waals surface area contributed by atoms with Crippen LogP contribution in [-0.4, -0.2) is 24.5 Å². The van der Waals surface area contributed by atoms with E-state index in [1.54, 1.807) is 17.4 Å². The lowest BCUT2D eigenvalue weighted by atomic mass is 10.1. The van der Waals surface area contributed by atoms with Gasteiger partial charge in [-0.3, -0.25) is 10.1 Å². The van der Waals surface area contributed by atoms with E-state index in [0.29, 0.717) is 5.69 Å². The van der Waals surface area contributed by atoms with E-state index in [4.69, 9.17) is 4.74 Å². The highest BCUT2D eigenvalue weighted by Crippen LogP contribution is 2.39. The summed E-state index contributed by atoms with van der Waals surface area (Å²) in [5.41, 5.74) is 2.03. The Morgan fingerprint density at radius 2 is 2.26 bits per heavy atom. The SMILES string of the molecule is COC(=O)c1cc([N+](=O)[O-])ccc1N1CCCC1c1ccsc1. The third kappa shape index (κ3) is 2.92. The number of nitro groups is 1. The van der Waals surface area contributed by atoms with Crippen molar-refractivity contribution in [2.45, 2.75) is 18.9 Å². The molecular weight excluding hydrogens is 316 g/mol. The van der Waals surface area contributed by atoms with E-state index in [9.17, 15) is 14.9 Å². The van der Waals surface area contributed by atoms with Gasteiger partial charge in [0, 0.05) is 18.7 Å². The number of thiophene rings is 1. The van der Waals surface area contributed by atoms with Crippen LogP contribution in [0, 0.1) is 10.1 Å². The zero-order valence-corrected chi connectivity index (χ0v) is 13.4. The first-order valence-electron chi connectivity index (χ1n) is 7.27. The summed E-state index contributed by atoms with van der Waals surface area (Å²) in [4.78, 5) is 24.7. The highest BCUT2D eigenvalue weighted by Gasteiger charge is 2.30. The molecule has 0 saturated carbocycles. The lowest BCUT2D eigenvalue weighted by molar-refractivity contribution is -0.384. The third-order valence-corrected chi connectivity index (χ3v) is 4.79. The number of benzene rings is 1. The van der Waals surface area contributed by atoms with Crippen LogP contribution in [0.15, 0.2) is 35.0 Å². The maximum Gasteiger partial charge on any atom is 0.340 e. The van der Waals surface area contributed by atoms with E-state index in [1.807, 2.05) is 5.38 Å². The van der Waals surface area contributed by atoms with Crippen LogP contribution in [0.3, 0.4) is 0 Å². The van der Waals surface area contributed by atoms with Gasteiger partial charge in [-0.1, -0.05) is 0 Å². The predicted octanol–water partition coefficient (Wildman–Crippen LogP) is 3.78. The molecule has 1 unspecified atom stereocenters. The van der Waals surface area contributed by atoms with Crippen LogP contribution in [0.4, 0.5) is 11.4 Å². The summed E-state index contributed by atoms with van der Waals surface area (Å²) in [6.07, 6.45) is 2.01. The van der Waals surface area contributed by atoms with Crippen molar-refractivity contribution in [3.8, 4) is 0 Å². The third-order valence-electron chi connectivity index (χ3n) is 4.09. The lowest BCUT2D eigenvalue weighted by Crippen LogP contribution is -2.24. The van der Waals surface area contributed by atoms with Gasteiger partial charge in [0.2, 0.25) is 0 Å². The number of rotatable bonds is 4. The predicted molar refractivity (Wildman–Crippen MR) is 88.1 cm³/mol. The van der Waals surface area contributed by atoms with Gasteiger partial charge >= 0.3 is 5.97 Å². The highest BCUT2D eigenvalue weighted by atomic mass is 32.1. The molecule has 2 heterocycles. The summed E-state index contributed by atoms with van der Waals surface area (Å²) in [5.74, 6) is -0.556. The summed E-state index contributed by atoms with van der Waals surface area (Å²) in [6, 6.07) is 6.65. The number of nitro benzene ring substituents is 1. The molecule has 1 aliphatic heterocycles. The molecule has 1 saturated heterocycles. The molecule has 7 heteroatoms. The molecular formula is C16H16N2O4S. The summed E-state index contributed by atoms with van der Waals surface area (Å²) >= 11 is 1.64. The Bertz CT molecular complexity index is 730. The van der Waals surface area contributed by atoms with Gasteiger partial charge in [0.05, 0.1) is 29.3 Å². The number of carbonyl (C=O) groups is 1. The van der Waals surface area contributed by atoms with Gasteiger partial charge in [-0.05, 0) is 41.3 Å². The number of methoxy groups -OCH3 is 1. The normalized spacial score (nSPS) is 17.3. The molecule has 0 aliphatic carbocycles. The monoisotopic (exact) mass is 332 g/mol. The first-order chi connectivity index (χ1) is 11.1. The fourth-order valence-corrected chi connectivity index (χ4v) is 3.73. The van der Waals surface area contributed by atoms with E-state index in [1.165, 1.54) is 24.8 Å². The van der Waals surface area contributed by atoms with Crippen LogP contribution in [0.5, 0.6) is 0 Å². The molecule has 6 nitrogen and oxygen atoms in total. The van der Waals surface area contributed by atoms with Gasteiger partial charge in [-0.25, -0.2) is 4.79 Å². The molecule has 2 aromatic rings. The van der Waals surface area contributed by atoms with Crippen molar-refractivity contribution in [1.82, 2.24) is 0 Å². The van der Waals surface area contributed by atoms with Crippen LogP contribution < -0.4 is 4.90 Å². The smallest absolute Gasteiger partial charge is 0.340 e. The number of esters is 1. The van der Waals surface area contributed by atoms with Crippen LogP contribution in [-0.2, 0) is 4.74 Å². The molecule has 0 bridgehead atoms. The molecule has 1 atom stereocenters. The molecule has 3 rings (SSSR count). The second-order valence-corrected chi connectivity index (χ2v) is 6.14. The Hall–Kier alpha value is -2.41. The minimum atomic E-state index is -0.556. The van der Waals surface area contributed by atoms with Gasteiger partial charge in [0.1, 0.15) is 0 Å². The minimum absolute atomic E-state index is 0.111. The fourth-order valence-electron chi connectivity index (χ4n) is 3.03. The number of anilines is 1. The zero-order valence-electron chi connectivity index (χ0n) is 12.6. The van der Waals surface area contributed by atoms with Crippen LogP contribution >= 0.6 is 11.3 Å². The largest absolute Gasteiger partial charge is 0.465 e. The topological polar surface area (TPSA) is 72.7 Å². The Morgan fingerprint density at radius 3 is 2.91 bits per heavy atom. The first-order valence-corrected chi connectivity index (χ1v) is 8.21. The number of carbonyl (C=O) groups excluding carboxylic acids is 1. The van der Waals surface area contributed by atoms with E-state index in [0.717, 1.165) is 19.4 Å². The van der Waals surface area contributed by atoms with E-state index in [2.05, 4.69) is 16.3 Å². The number of nitrogens with zero attached hydrogens (tertiary/aromatic N) is 2. The minimum Gasteiger partial charge on any atom is -0.465 e. The lowest BCUT2D eigenvalue weighted by Gasteiger charge is -2.28. The number of non-ortho nitro benzene ring substituents is 1.